The second kappa shape index (κ2) is 2.44. The molecule has 1 atom stereocenters. The van der Waals surface area contributed by atoms with E-state index in [2.05, 4.69) is 5.32 Å². The number of allylic oxidation sites excluding steroid dienone is 1. The predicted octanol–water partition coefficient (Wildman–Crippen LogP) is -0.337. The third-order valence-electron chi connectivity index (χ3n) is 1.71. The molecule has 0 aromatic rings. The van der Waals surface area contributed by atoms with Crippen LogP contribution in [0.4, 0.5) is 0 Å². The van der Waals surface area contributed by atoms with Gasteiger partial charge < -0.3 is 11.5 Å². The average Bonchev–Trinajstić information content (AvgIpc) is 1.96. The van der Waals surface area contributed by atoms with Crippen molar-refractivity contribution in [3.8, 4) is 0 Å². The molecule has 1 unspecified atom stereocenters. The first kappa shape index (κ1) is 7.31. The van der Waals surface area contributed by atoms with Gasteiger partial charge in [0.05, 0.1) is 5.66 Å². The lowest BCUT2D eigenvalue weighted by molar-refractivity contribution is 0.454. The first-order valence-electron chi connectivity index (χ1n) is 3.29. The van der Waals surface area contributed by atoms with Gasteiger partial charge in [0.15, 0.2) is 0 Å². The first-order chi connectivity index (χ1) is 4.66. The summed E-state index contributed by atoms with van der Waals surface area (Å²) in [5.41, 5.74) is 11.7. The minimum Gasteiger partial charge on any atom is -0.399 e. The highest BCUT2D eigenvalue weighted by atomic mass is 15.1. The SMILES string of the molecule is CNC1(N)C=CC(N)=CC1. The summed E-state index contributed by atoms with van der Waals surface area (Å²) in [5.74, 6) is 0. The van der Waals surface area contributed by atoms with Crippen LogP contribution in [0.1, 0.15) is 6.42 Å². The van der Waals surface area contributed by atoms with Crippen LogP contribution in [-0.2, 0) is 0 Å². The van der Waals surface area contributed by atoms with Crippen LogP contribution in [0, 0.1) is 0 Å². The quantitative estimate of drug-likeness (QED) is 0.436. The molecule has 0 aromatic carbocycles. The smallest absolute Gasteiger partial charge is 0.0891 e. The van der Waals surface area contributed by atoms with Gasteiger partial charge in [-0.25, -0.2) is 0 Å². The summed E-state index contributed by atoms with van der Waals surface area (Å²) in [5, 5.41) is 2.99. The molecule has 0 spiro atoms. The van der Waals surface area contributed by atoms with E-state index in [1.54, 1.807) is 0 Å². The van der Waals surface area contributed by atoms with Crippen molar-refractivity contribution in [1.82, 2.24) is 5.32 Å². The Morgan fingerprint density at radius 2 is 2.40 bits per heavy atom. The van der Waals surface area contributed by atoms with Crippen LogP contribution in [0.2, 0.25) is 0 Å². The molecule has 1 rings (SSSR count). The highest BCUT2D eigenvalue weighted by Gasteiger charge is 2.18. The summed E-state index contributed by atoms with van der Waals surface area (Å²) in [7, 11) is 1.83. The molecule has 56 valence electrons. The molecule has 1 aliphatic rings. The summed E-state index contributed by atoms with van der Waals surface area (Å²) in [6, 6.07) is 0. The molecule has 1 aliphatic carbocycles. The Kier molecular flexibility index (Phi) is 1.78. The lowest BCUT2D eigenvalue weighted by atomic mass is 10.0. The molecule has 0 bridgehead atoms. The molecular weight excluding hydrogens is 126 g/mol. The fourth-order valence-electron chi connectivity index (χ4n) is 0.853. The number of hydrogen-bond acceptors (Lipinski definition) is 3. The van der Waals surface area contributed by atoms with Crippen molar-refractivity contribution in [2.75, 3.05) is 7.05 Å². The number of nitrogens with two attached hydrogens (primary N) is 2. The Labute approximate surface area is 60.8 Å². The minimum atomic E-state index is -0.386. The van der Waals surface area contributed by atoms with Crippen LogP contribution < -0.4 is 16.8 Å². The third kappa shape index (κ3) is 1.37. The van der Waals surface area contributed by atoms with E-state index in [1.165, 1.54) is 0 Å². The van der Waals surface area contributed by atoms with E-state index < -0.39 is 0 Å². The van der Waals surface area contributed by atoms with Crippen LogP contribution in [-0.4, -0.2) is 12.7 Å². The molecule has 3 heteroatoms. The Morgan fingerprint density at radius 1 is 1.70 bits per heavy atom. The molecule has 0 heterocycles. The Hall–Kier alpha value is -0.800. The molecule has 0 saturated heterocycles. The van der Waals surface area contributed by atoms with Crippen molar-refractivity contribution in [1.29, 1.82) is 0 Å². The standard InChI is InChI=1S/C7H13N3/c1-10-7(9)4-2-6(8)3-5-7/h2-4,10H,5,8-9H2,1H3. The Morgan fingerprint density at radius 3 is 2.80 bits per heavy atom. The minimum absolute atomic E-state index is 0.386. The number of hydrogen-bond donors (Lipinski definition) is 3. The zero-order chi connectivity index (χ0) is 7.61. The summed E-state index contributed by atoms with van der Waals surface area (Å²) < 4.78 is 0. The average molecular weight is 139 g/mol. The summed E-state index contributed by atoms with van der Waals surface area (Å²) in [6.07, 6.45) is 6.37. The van der Waals surface area contributed by atoms with Crippen LogP contribution in [0.3, 0.4) is 0 Å². The van der Waals surface area contributed by atoms with Crippen molar-refractivity contribution in [3.05, 3.63) is 23.9 Å². The van der Waals surface area contributed by atoms with Gasteiger partial charge in [0, 0.05) is 12.1 Å². The summed E-state index contributed by atoms with van der Waals surface area (Å²) in [4.78, 5) is 0. The number of likely N-dealkylation sites (N-methyl/N-ethyl adjacent to an activating group) is 1. The van der Waals surface area contributed by atoms with Gasteiger partial charge in [-0.15, -0.1) is 0 Å². The van der Waals surface area contributed by atoms with Crippen LogP contribution in [0.15, 0.2) is 23.9 Å². The molecule has 0 fully saturated rings. The third-order valence-corrected chi connectivity index (χ3v) is 1.71. The largest absolute Gasteiger partial charge is 0.399 e. The Balaban J connectivity index is 2.67. The van der Waals surface area contributed by atoms with E-state index in [0.29, 0.717) is 0 Å². The van der Waals surface area contributed by atoms with Gasteiger partial charge in [0.1, 0.15) is 0 Å². The van der Waals surface area contributed by atoms with Gasteiger partial charge in [-0.1, -0.05) is 6.08 Å². The van der Waals surface area contributed by atoms with Crippen LogP contribution >= 0.6 is 0 Å². The molecule has 0 radical (unpaired) electrons. The van der Waals surface area contributed by atoms with Gasteiger partial charge in [-0.05, 0) is 19.2 Å². The normalized spacial score (nSPS) is 32.0. The first-order valence-corrected chi connectivity index (χ1v) is 3.29. The Bertz CT molecular complexity index is 183. The van der Waals surface area contributed by atoms with E-state index in [0.717, 1.165) is 12.1 Å². The van der Waals surface area contributed by atoms with Crippen molar-refractivity contribution < 1.29 is 0 Å². The van der Waals surface area contributed by atoms with Gasteiger partial charge >= 0.3 is 0 Å². The van der Waals surface area contributed by atoms with E-state index in [-0.39, 0.29) is 5.66 Å². The van der Waals surface area contributed by atoms with Gasteiger partial charge in [0.2, 0.25) is 0 Å². The summed E-state index contributed by atoms with van der Waals surface area (Å²) in [6.45, 7) is 0. The maximum atomic E-state index is 5.82. The zero-order valence-corrected chi connectivity index (χ0v) is 6.09. The van der Waals surface area contributed by atoms with Crippen molar-refractivity contribution in [3.63, 3.8) is 0 Å². The van der Waals surface area contributed by atoms with Gasteiger partial charge in [-0.2, -0.15) is 0 Å². The second-order valence-corrected chi connectivity index (χ2v) is 2.53. The zero-order valence-electron chi connectivity index (χ0n) is 6.09. The molecule has 5 N–H and O–H groups in total. The fourth-order valence-corrected chi connectivity index (χ4v) is 0.853. The molecule has 0 aliphatic heterocycles. The highest BCUT2D eigenvalue weighted by molar-refractivity contribution is 5.25. The molecular formula is C7H13N3. The fraction of sp³-hybridized carbons (Fsp3) is 0.429. The van der Waals surface area contributed by atoms with E-state index in [4.69, 9.17) is 11.5 Å². The number of nitrogens with one attached hydrogen (secondary N) is 1. The molecule has 0 amide bonds. The predicted molar refractivity (Wildman–Crippen MR) is 42.0 cm³/mol. The van der Waals surface area contributed by atoms with Crippen molar-refractivity contribution in [2.24, 2.45) is 11.5 Å². The monoisotopic (exact) mass is 139 g/mol. The van der Waals surface area contributed by atoms with Crippen LogP contribution in [0.25, 0.3) is 0 Å². The van der Waals surface area contributed by atoms with Crippen LogP contribution in [0.5, 0.6) is 0 Å². The number of rotatable bonds is 1. The lowest BCUT2D eigenvalue weighted by Crippen LogP contribution is -2.50. The molecule has 10 heavy (non-hydrogen) atoms. The second-order valence-electron chi connectivity index (χ2n) is 2.53. The van der Waals surface area contributed by atoms with E-state index >= 15 is 0 Å². The van der Waals surface area contributed by atoms with Crippen molar-refractivity contribution >= 4 is 0 Å². The molecule has 0 saturated carbocycles. The van der Waals surface area contributed by atoms with Gasteiger partial charge in [-0.3, -0.25) is 5.32 Å². The molecule has 0 aromatic heterocycles. The highest BCUT2D eigenvalue weighted by Crippen LogP contribution is 2.12. The maximum absolute atomic E-state index is 5.82. The lowest BCUT2D eigenvalue weighted by Gasteiger charge is -2.26. The van der Waals surface area contributed by atoms with Crippen molar-refractivity contribution in [2.45, 2.75) is 12.1 Å². The summed E-state index contributed by atoms with van der Waals surface area (Å²) >= 11 is 0. The van der Waals surface area contributed by atoms with E-state index in [9.17, 15) is 0 Å². The maximum Gasteiger partial charge on any atom is 0.0891 e. The topological polar surface area (TPSA) is 64.1 Å². The molecule has 3 nitrogen and oxygen atoms in total. The van der Waals surface area contributed by atoms with E-state index in [1.807, 2.05) is 25.3 Å². The van der Waals surface area contributed by atoms with Gasteiger partial charge in [0.25, 0.3) is 0 Å².